The molecule has 0 saturated carbocycles. The van der Waals surface area contributed by atoms with E-state index >= 15 is 0 Å². The average Bonchev–Trinajstić information content (AvgIpc) is 3.17. The maximum atomic E-state index is 12.3. The lowest BCUT2D eigenvalue weighted by Gasteiger charge is -2.10. The number of likely N-dealkylation sites (N-methyl/N-ethyl adjacent to an activating group) is 1. The Kier molecular flexibility index (Phi) is 7.75. The van der Waals surface area contributed by atoms with Crippen molar-refractivity contribution in [3.8, 4) is 0 Å². The first-order valence-corrected chi connectivity index (χ1v) is 9.14. The standard InChI is InChI=1S/C18H21N3O4S/c1-2-19-16(22)11-21-18(24)14-7-3-4-8-15(14)26-12-17(23)20-10-13-6-5-9-25-13/h3-9H,2,10-12H2,1H3,(H,19,22)(H,20,23)(H,21,24). The molecule has 2 aromatic rings. The molecule has 1 aromatic heterocycles. The molecule has 3 amide bonds. The highest BCUT2D eigenvalue weighted by atomic mass is 32.2. The van der Waals surface area contributed by atoms with E-state index < -0.39 is 0 Å². The molecule has 26 heavy (non-hydrogen) atoms. The van der Waals surface area contributed by atoms with Crippen molar-refractivity contribution in [3.05, 3.63) is 54.0 Å². The monoisotopic (exact) mass is 375 g/mol. The third-order valence-electron chi connectivity index (χ3n) is 3.31. The van der Waals surface area contributed by atoms with Gasteiger partial charge in [-0.05, 0) is 31.2 Å². The van der Waals surface area contributed by atoms with Crippen molar-refractivity contribution < 1.29 is 18.8 Å². The number of amides is 3. The second-order valence-corrected chi connectivity index (χ2v) is 6.29. The maximum absolute atomic E-state index is 12.3. The zero-order valence-electron chi connectivity index (χ0n) is 14.4. The van der Waals surface area contributed by atoms with Crippen molar-refractivity contribution >= 4 is 29.5 Å². The summed E-state index contributed by atoms with van der Waals surface area (Å²) in [5, 5.41) is 7.94. The van der Waals surface area contributed by atoms with Gasteiger partial charge < -0.3 is 20.4 Å². The molecule has 0 atom stereocenters. The molecule has 2 rings (SSSR count). The van der Waals surface area contributed by atoms with Crippen molar-refractivity contribution in [1.29, 1.82) is 0 Å². The lowest BCUT2D eigenvalue weighted by Crippen LogP contribution is -2.36. The Balaban J connectivity index is 1.86. The van der Waals surface area contributed by atoms with E-state index in [9.17, 15) is 14.4 Å². The van der Waals surface area contributed by atoms with E-state index in [-0.39, 0.29) is 30.0 Å². The minimum absolute atomic E-state index is 0.0880. The predicted octanol–water partition coefficient (Wildman–Crippen LogP) is 1.55. The van der Waals surface area contributed by atoms with Gasteiger partial charge in [-0.1, -0.05) is 12.1 Å². The van der Waals surface area contributed by atoms with Crippen LogP contribution in [0.15, 0.2) is 52.0 Å². The Bertz CT molecular complexity index is 747. The summed E-state index contributed by atoms with van der Waals surface area (Å²) in [6.07, 6.45) is 1.55. The number of carbonyl (C=O) groups excluding carboxylic acids is 3. The number of rotatable bonds is 9. The van der Waals surface area contributed by atoms with Gasteiger partial charge in [-0.2, -0.15) is 0 Å². The molecule has 0 aliphatic heterocycles. The third-order valence-corrected chi connectivity index (χ3v) is 4.39. The molecule has 0 aliphatic carbocycles. The molecule has 1 heterocycles. The molecule has 0 radical (unpaired) electrons. The molecule has 138 valence electrons. The molecule has 0 fully saturated rings. The minimum Gasteiger partial charge on any atom is -0.467 e. The summed E-state index contributed by atoms with van der Waals surface area (Å²) in [5.41, 5.74) is 0.431. The van der Waals surface area contributed by atoms with Gasteiger partial charge in [-0.25, -0.2) is 0 Å². The third kappa shape index (κ3) is 6.29. The van der Waals surface area contributed by atoms with Crippen LogP contribution in [0.4, 0.5) is 0 Å². The molecule has 0 spiro atoms. The van der Waals surface area contributed by atoms with Crippen LogP contribution in [0, 0.1) is 0 Å². The van der Waals surface area contributed by atoms with Gasteiger partial charge in [0.15, 0.2) is 0 Å². The van der Waals surface area contributed by atoms with Gasteiger partial charge in [0.05, 0.1) is 30.7 Å². The molecule has 7 nitrogen and oxygen atoms in total. The number of thioether (sulfide) groups is 1. The van der Waals surface area contributed by atoms with Crippen LogP contribution in [0.5, 0.6) is 0 Å². The van der Waals surface area contributed by atoms with Crippen LogP contribution < -0.4 is 16.0 Å². The van der Waals surface area contributed by atoms with E-state index in [0.717, 1.165) is 0 Å². The fraction of sp³-hybridized carbons (Fsp3) is 0.278. The van der Waals surface area contributed by atoms with Crippen LogP contribution in [0.25, 0.3) is 0 Å². The summed E-state index contributed by atoms with van der Waals surface area (Å²) < 4.78 is 5.15. The van der Waals surface area contributed by atoms with Crippen molar-refractivity contribution in [3.63, 3.8) is 0 Å². The molecule has 0 bridgehead atoms. The highest BCUT2D eigenvalue weighted by Crippen LogP contribution is 2.22. The van der Waals surface area contributed by atoms with Crippen molar-refractivity contribution in [2.24, 2.45) is 0 Å². The highest BCUT2D eigenvalue weighted by molar-refractivity contribution is 8.00. The van der Waals surface area contributed by atoms with Crippen LogP contribution >= 0.6 is 11.8 Å². The predicted molar refractivity (Wildman–Crippen MR) is 98.7 cm³/mol. The molecule has 8 heteroatoms. The highest BCUT2D eigenvalue weighted by Gasteiger charge is 2.13. The van der Waals surface area contributed by atoms with Crippen molar-refractivity contribution in [2.45, 2.75) is 18.4 Å². The summed E-state index contributed by atoms with van der Waals surface area (Å²) in [7, 11) is 0. The van der Waals surface area contributed by atoms with Gasteiger partial charge in [0.1, 0.15) is 5.76 Å². The van der Waals surface area contributed by atoms with Crippen LogP contribution in [-0.2, 0) is 16.1 Å². The molecule has 3 N–H and O–H groups in total. The topological polar surface area (TPSA) is 100 Å². The zero-order chi connectivity index (χ0) is 18.8. The Labute approximate surface area is 155 Å². The number of benzene rings is 1. The Morgan fingerprint density at radius 2 is 1.81 bits per heavy atom. The van der Waals surface area contributed by atoms with Gasteiger partial charge in [0, 0.05) is 11.4 Å². The van der Waals surface area contributed by atoms with Gasteiger partial charge >= 0.3 is 0 Å². The molecule has 0 saturated heterocycles. The smallest absolute Gasteiger partial charge is 0.252 e. The zero-order valence-corrected chi connectivity index (χ0v) is 15.2. The Morgan fingerprint density at radius 1 is 1.00 bits per heavy atom. The van der Waals surface area contributed by atoms with Crippen LogP contribution in [0.2, 0.25) is 0 Å². The van der Waals surface area contributed by atoms with E-state index in [1.807, 2.05) is 6.92 Å². The lowest BCUT2D eigenvalue weighted by molar-refractivity contribution is -0.120. The normalized spacial score (nSPS) is 10.2. The first-order valence-electron chi connectivity index (χ1n) is 8.16. The fourth-order valence-electron chi connectivity index (χ4n) is 2.09. The number of nitrogens with one attached hydrogen (secondary N) is 3. The van der Waals surface area contributed by atoms with E-state index in [4.69, 9.17) is 4.42 Å². The largest absolute Gasteiger partial charge is 0.467 e. The summed E-state index contributed by atoms with van der Waals surface area (Å²) in [6, 6.07) is 10.5. The average molecular weight is 375 g/mol. The first-order chi connectivity index (χ1) is 12.6. The molecule has 1 aromatic carbocycles. The van der Waals surface area contributed by atoms with Crippen molar-refractivity contribution in [2.75, 3.05) is 18.8 Å². The number of hydrogen-bond donors (Lipinski definition) is 3. The minimum atomic E-state index is -0.352. The van der Waals surface area contributed by atoms with E-state index in [1.165, 1.54) is 11.8 Å². The molecule has 0 aliphatic rings. The summed E-state index contributed by atoms with van der Waals surface area (Å²) in [5.74, 6) is 0.0810. The molecular weight excluding hydrogens is 354 g/mol. The quantitative estimate of drug-likeness (QED) is 0.578. The van der Waals surface area contributed by atoms with Gasteiger partial charge in [-0.3, -0.25) is 14.4 Å². The number of furan rings is 1. The Morgan fingerprint density at radius 3 is 2.54 bits per heavy atom. The summed E-state index contributed by atoms with van der Waals surface area (Å²) in [4.78, 5) is 36.4. The van der Waals surface area contributed by atoms with E-state index in [0.29, 0.717) is 29.3 Å². The summed E-state index contributed by atoms with van der Waals surface area (Å²) in [6.45, 7) is 2.55. The van der Waals surface area contributed by atoms with Gasteiger partial charge in [-0.15, -0.1) is 11.8 Å². The fourth-order valence-corrected chi connectivity index (χ4v) is 2.97. The number of hydrogen-bond acceptors (Lipinski definition) is 5. The SMILES string of the molecule is CCNC(=O)CNC(=O)c1ccccc1SCC(=O)NCc1ccco1. The molecule has 0 unspecified atom stereocenters. The first kappa shape index (κ1) is 19.6. The van der Waals surface area contributed by atoms with Crippen LogP contribution in [0.3, 0.4) is 0 Å². The number of carbonyl (C=O) groups is 3. The summed E-state index contributed by atoms with van der Waals surface area (Å²) >= 11 is 1.26. The van der Waals surface area contributed by atoms with Crippen LogP contribution in [-0.4, -0.2) is 36.6 Å². The van der Waals surface area contributed by atoms with E-state index in [1.54, 1.807) is 42.7 Å². The van der Waals surface area contributed by atoms with Crippen LogP contribution in [0.1, 0.15) is 23.0 Å². The lowest BCUT2D eigenvalue weighted by atomic mass is 10.2. The maximum Gasteiger partial charge on any atom is 0.252 e. The van der Waals surface area contributed by atoms with Gasteiger partial charge in [0.2, 0.25) is 11.8 Å². The molecular formula is C18H21N3O4S. The second-order valence-electron chi connectivity index (χ2n) is 5.28. The van der Waals surface area contributed by atoms with Gasteiger partial charge in [0.25, 0.3) is 5.91 Å². The van der Waals surface area contributed by atoms with E-state index in [2.05, 4.69) is 16.0 Å². The Hall–Kier alpha value is -2.74. The van der Waals surface area contributed by atoms with Crippen molar-refractivity contribution in [1.82, 2.24) is 16.0 Å². The second kappa shape index (κ2) is 10.3.